The first-order valence-electron chi connectivity index (χ1n) is 8.38. The summed E-state index contributed by atoms with van der Waals surface area (Å²) in [4.78, 5) is 17.0. The van der Waals surface area contributed by atoms with Crippen LogP contribution in [0.15, 0.2) is 30.3 Å². The molecule has 1 aromatic carbocycles. The van der Waals surface area contributed by atoms with E-state index in [9.17, 15) is 4.79 Å². The minimum Gasteiger partial charge on any atom is -0.342 e. The molecule has 2 aliphatic heterocycles. The Morgan fingerprint density at radius 3 is 2.57 bits per heavy atom. The fourth-order valence-corrected chi connectivity index (χ4v) is 3.62. The molecule has 1 atom stereocenters. The Kier molecular flexibility index (Phi) is 4.91. The summed E-state index contributed by atoms with van der Waals surface area (Å²) in [5, 5.41) is 0. The van der Waals surface area contributed by atoms with Gasteiger partial charge in [0.2, 0.25) is 5.91 Å². The zero-order valence-corrected chi connectivity index (χ0v) is 12.8. The minimum absolute atomic E-state index is 0.350. The van der Waals surface area contributed by atoms with E-state index >= 15 is 0 Å². The van der Waals surface area contributed by atoms with Crippen LogP contribution in [0.1, 0.15) is 43.6 Å². The molecule has 2 heterocycles. The lowest BCUT2D eigenvalue weighted by molar-refractivity contribution is -0.132. The normalized spacial score (nSPS) is 23.4. The van der Waals surface area contributed by atoms with Crippen LogP contribution in [0.3, 0.4) is 0 Å². The Hall–Kier alpha value is -1.35. The second-order valence-corrected chi connectivity index (χ2v) is 6.39. The fraction of sp³-hybridized carbons (Fsp3) is 0.611. The zero-order valence-electron chi connectivity index (χ0n) is 12.8. The largest absolute Gasteiger partial charge is 0.342 e. The molecule has 0 aromatic heterocycles. The van der Waals surface area contributed by atoms with Crippen LogP contribution >= 0.6 is 0 Å². The van der Waals surface area contributed by atoms with Gasteiger partial charge in [0.1, 0.15) is 0 Å². The lowest BCUT2D eigenvalue weighted by atomic mass is 9.90. The van der Waals surface area contributed by atoms with Crippen molar-refractivity contribution in [3.05, 3.63) is 35.9 Å². The molecule has 1 aromatic rings. The van der Waals surface area contributed by atoms with Gasteiger partial charge in [-0.25, -0.2) is 0 Å². The van der Waals surface area contributed by atoms with Gasteiger partial charge in [-0.15, -0.1) is 0 Å². The van der Waals surface area contributed by atoms with E-state index in [1.165, 1.54) is 37.9 Å². The Balaban J connectivity index is 1.51. The van der Waals surface area contributed by atoms with Crippen LogP contribution in [0.2, 0.25) is 0 Å². The number of rotatable bonds is 4. The Morgan fingerprint density at radius 2 is 1.81 bits per heavy atom. The van der Waals surface area contributed by atoms with Gasteiger partial charge >= 0.3 is 0 Å². The molecule has 0 N–H and O–H groups in total. The smallest absolute Gasteiger partial charge is 0.223 e. The van der Waals surface area contributed by atoms with E-state index < -0.39 is 0 Å². The van der Waals surface area contributed by atoms with Crippen molar-refractivity contribution >= 4 is 5.91 Å². The van der Waals surface area contributed by atoms with E-state index in [1.807, 2.05) is 0 Å². The average molecular weight is 286 g/mol. The van der Waals surface area contributed by atoms with Gasteiger partial charge < -0.3 is 9.80 Å². The van der Waals surface area contributed by atoms with Crippen molar-refractivity contribution < 1.29 is 4.79 Å². The van der Waals surface area contributed by atoms with Crippen molar-refractivity contribution in [3.63, 3.8) is 0 Å². The van der Waals surface area contributed by atoms with Crippen LogP contribution in [-0.2, 0) is 4.79 Å². The van der Waals surface area contributed by atoms with Crippen molar-refractivity contribution in [3.8, 4) is 0 Å². The molecule has 0 bridgehead atoms. The maximum atomic E-state index is 12.4. The summed E-state index contributed by atoms with van der Waals surface area (Å²) in [5.74, 6) is 0.873. The first kappa shape index (κ1) is 14.6. The summed E-state index contributed by atoms with van der Waals surface area (Å²) < 4.78 is 0. The number of piperidine rings is 1. The predicted octanol–water partition coefficient (Wildman–Crippen LogP) is 2.88. The SMILES string of the molecule is O=C(CCN1CCCC1)N1CCC[C@@H](c2ccccc2)C1. The van der Waals surface area contributed by atoms with Crippen LogP contribution in [0.5, 0.6) is 0 Å². The number of nitrogens with zero attached hydrogens (tertiary/aromatic N) is 2. The number of hydrogen-bond acceptors (Lipinski definition) is 2. The van der Waals surface area contributed by atoms with E-state index in [2.05, 4.69) is 40.1 Å². The van der Waals surface area contributed by atoms with E-state index in [0.29, 0.717) is 18.2 Å². The Morgan fingerprint density at radius 1 is 1.05 bits per heavy atom. The monoisotopic (exact) mass is 286 g/mol. The van der Waals surface area contributed by atoms with Crippen molar-refractivity contribution in [1.29, 1.82) is 0 Å². The predicted molar refractivity (Wildman–Crippen MR) is 85.3 cm³/mol. The number of carbonyl (C=O) groups is 1. The molecule has 114 valence electrons. The number of benzene rings is 1. The molecule has 3 heteroatoms. The molecular weight excluding hydrogens is 260 g/mol. The third-order valence-corrected chi connectivity index (χ3v) is 4.89. The van der Waals surface area contributed by atoms with Gasteiger partial charge in [0.25, 0.3) is 0 Å². The maximum Gasteiger partial charge on any atom is 0.223 e. The summed E-state index contributed by atoms with van der Waals surface area (Å²) in [5.41, 5.74) is 1.38. The maximum absolute atomic E-state index is 12.4. The van der Waals surface area contributed by atoms with Gasteiger partial charge in [0.05, 0.1) is 0 Å². The van der Waals surface area contributed by atoms with Crippen molar-refractivity contribution in [2.45, 2.75) is 38.0 Å². The molecule has 0 spiro atoms. The highest BCUT2D eigenvalue weighted by Gasteiger charge is 2.25. The summed E-state index contributed by atoms with van der Waals surface area (Å²) in [7, 11) is 0. The number of carbonyl (C=O) groups excluding carboxylic acids is 1. The highest BCUT2D eigenvalue weighted by Crippen LogP contribution is 2.27. The molecule has 1 amide bonds. The van der Waals surface area contributed by atoms with Crippen LogP contribution in [0.4, 0.5) is 0 Å². The van der Waals surface area contributed by atoms with Crippen molar-refractivity contribution in [2.24, 2.45) is 0 Å². The molecule has 0 saturated carbocycles. The van der Waals surface area contributed by atoms with Gasteiger partial charge in [-0.1, -0.05) is 30.3 Å². The molecule has 0 aliphatic carbocycles. The molecule has 2 aliphatic rings. The summed E-state index contributed by atoms with van der Waals surface area (Å²) in [6, 6.07) is 10.7. The molecule has 3 nitrogen and oxygen atoms in total. The van der Waals surface area contributed by atoms with Gasteiger partial charge in [-0.05, 0) is 44.3 Å². The Bertz CT molecular complexity index is 454. The molecule has 3 rings (SSSR count). The fourth-order valence-electron chi connectivity index (χ4n) is 3.62. The second-order valence-electron chi connectivity index (χ2n) is 6.39. The van der Waals surface area contributed by atoms with Crippen molar-refractivity contribution in [2.75, 3.05) is 32.7 Å². The minimum atomic E-state index is 0.350. The second kappa shape index (κ2) is 7.08. The standard InChI is InChI=1S/C18H26N2O/c21-18(10-14-19-11-4-5-12-19)20-13-6-9-17(15-20)16-7-2-1-3-8-16/h1-3,7-8,17H,4-6,9-15H2/t17-/m1/s1. The third kappa shape index (κ3) is 3.85. The first-order valence-corrected chi connectivity index (χ1v) is 8.38. The van der Waals surface area contributed by atoms with Crippen molar-refractivity contribution in [1.82, 2.24) is 9.80 Å². The summed E-state index contributed by atoms with van der Waals surface area (Å²) in [6.45, 7) is 5.16. The van der Waals surface area contributed by atoms with Gasteiger partial charge in [0, 0.05) is 32.0 Å². The lowest BCUT2D eigenvalue weighted by Gasteiger charge is -2.33. The Labute approximate surface area is 127 Å². The summed E-state index contributed by atoms with van der Waals surface area (Å²) >= 11 is 0. The highest BCUT2D eigenvalue weighted by molar-refractivity contribution is 5.76. The van der Waals surface area contributed by atoms with Crippen LogP contribution in [0, 0.1) is 0 Å². The first-order chi connectivity index (χ1) is 10.3. The van der Waals surface area contributed by atoms with Gasteiger partial charge in [0.15, 0.2) is 0 Å². The molecular formula is C18H26N2O. The van der Waals surface area contributed by atoms with E-state index in [4.69, 9.17) is 0 Å². The highest BCUT2D eigenvalue weighted by atomic mass is 16.2. The van der Waals surface area contributed by atoms with Crippen LogP contribution in [0.25, 0.3) is 0 Å². The average Bonchev–Trinajstić information content (AvgIpc) is 3.07. The van der Waals surface area contributed by atoms with Gasteiger partial charge in [-0.2, -0.15) is 0 Å². The molecule has 2 saturated heterocycles. The van der Waals surface area contributed by atoms with Crippen LogP contribution < -0.4 is 0 Å². The van der Waals surface area contributed by atoms with E-state index in [-0.39, 0.29) is 0 Å². The molecule has 0 unspecified atom stereocenters. The number of hydrogen-bond donors (Lipinski definition) is 0. The molecule has 0 radical (unpaired) electrons. The topological polar surface area (TPSA) is 23.6 Å². The number of likely N-dealkylation sites (tertiary alicyclic amines) is 2. The van der Waals surface area contributed by atoms with E-state index in [1.54, 1.807) is 0 Å². The summed E-state index contributed by atoms with van der Waals surface area (Å²) in [6.07, 6.45) is 5.64. The lowest BCUT2D eigenvalue weighted by Crippen LogP contribution is -2.40. The number of amides is 1. The quantitative estimate of drug-likeness (QED) is 0.849. The van der Waals surface area contributed by atoms with Gasteiger partial charge in [-0.3, -0.25) is 4.79 Å². The van der Waals surface area contributed by atoms with Crippen LogP contribution in [-0.4, -0.2) is 48.4 Å². The molecule has 2 fully saturated rings. The van der Waals surface area contributed by atoms with E-state index in [0.717, 1.165) is 26.1 Å². The third-order valence-electron chi connectivity index (χ3n) is 4.89. The molecule has 21 heavy (non-hydrogen) atoms. The zero-order chi connectivity index (χ0) is 14.5.